The maximum Gasteiger partial charge on any atom is 0.416 e. The minimum absolute atomic E-state index is 0.0704. The number of aryl methyl sites for hydroxylation is 2. The molecule has 152 valence electrons. The normalized spacial score (nSPS) is 11.3. The molecule has 1 N–H and O–H groups in total. The second-order valence-corrected chi connectivity index (χ2v) is 6.52. The Morgan fingerprint density at radius 2 is 1.90 bits per heavy atom. The highest BCUT2D eigenvalue weighted by molar-refractivity contribution is 5.42. The van der Waals surface area contributed by atoms with E-state index in [1.165, 1.54) is 22.9 Å². The van der Waals surface area contributed by atoms with E-state index in [4.69, 9.17) is 4.74 Å². The number of ether oxygens (including phenoxy) is 1. The fourth-order valence-electron chi connectivity index (χ4n) is 2.71. The van der Waals surface area contributed by atoms with Crippen LogP contribution in [0.25, 0.3) is 5.69 Å². The SMILES string of the molecule is Cc1ccc(-n2ccnc(NCCOc3cccc(C(F)(F)F)c3)c2=O)cc1C. The third-order valence-corrected chi connectivity index (χ3v) is 4.43. The molecule has 0 aliphatic rings. The van der Waals surface area contributed by atoms with Crippen molar-refractivity contribution in [1.29, 1.82) is 0 Å². The van der Waals surface area contributed by atoms with Gasteiger partial charge in [-0.2, -0.15) is 13.2 Å². The lowest BCUT2D eigenvalue weighted by Gasteiger charge is -2.12. The Balaban J connectivity index is 1.65. The van der Waals surface area contributed by atoms with Crippen LogP contribution in [-0.4, -0.2) is 22.7 Å². The highest BCUT2D eigenvalue weighted by atomic mass is 19.4. The van der Waals surface area contributed by atoms with Crippen LogP contribution >= 0.6 is 0 Å². The first-order valence-electron chi connectivity index (χ1n) is 8.95. The van der Waals surface area contributed by atoms with E-state index in [0.29, 0.717) is 0 Å². The molecule has 0 fully saturated rings. The monoisotopic (exact) mass is 403 g/mol. The zero-order chi connectivity index (χ0) is 21.0. The standard InChI is InChI=1S/C21H20F3N3O2/c1-14-6-7-17(12-15(14)2)27-10-8-25-19(20(27)28)26-9-11-29-18-5-3-4-16(13-18)21(22,23)24/h3-8,10,12-13H,9,11H2,1-2H3,(H,25,26). The maximum atomic E-state index is 12.7. The Hall–Kier alpha value is -3.29. The summed E-state index contributed by atoms with van der Waals surface area (Å²) in [4.78, 5) is 16.7. The summed E-state index contributed by atoms with van der Waals surface area (Å²) in [6.45, 7) is 4.23. The Morgan fingerprint density at radius 3 is 2.62 bits per heavy atom. The van der Waals surface area contributed by atoms with E-state index < -0.39 is 11.7 Å². The van der Waals surface area contributed by atoms with Gasteiger partial charge in [0, 0.05) is 18.1 Å². The number of alkyl halides is 3. The molecule has 8 heteroatoms. The van der Waals surface area contributed by atoms with Crippen LogP contribution in [0.2, 0.25) is 0 Å². The Labute approximate surface area is 165 Å². The molecule has 3 aromatic rings. The lowest BCUT2D eigenvalue weighted by atomic mass is 10.1. The van der Waals surface area contributed by atoms with Crippen LogP contribution in [0.3, 0.4) is 0 Å². The van der Waals surface area contributed by atoms with Gasteiger partial charge in [0.05, 0.1) is 12.1 Å². The highest BCUT2D eigenvalue weighted by Crippen LogP contribution is 2.31. The first-order valence-corrected chi connectivity index (χ1v) is 8.95. The fourth-order valence-corrected chi connectivity index (χ4v) is 2.71. The summed E-state index contributed by atoms with van der Waals surface area (Å²) in [5, 5.41) is 2.87. The van der Waals surface area contributed by atoms with Crippen LogP contribution in [0, 0.1) is 13.8 Å². The van der Waals surface area contributed by atoms with Gasteiger partial charge >= 0.3 is 6.18 Å². The maximum absolute atomic E-state index is 12.7. The fraction of sp³-hybridized carbons (Fsp3) is 0.238. The van der Waals surface area contributed by atoms with Crippen molar-refractivity contribution >= 4 is 5.82 Å². The van der Waals surface area contributed by atoms with Gasteiger partial charge in [-0.1, -0.05) is 12.1 Å². The van der Waals surface area contributed by atoms with Crippen molar-refractivity contribution in [3.05, 3.63) is 81.9 Å². The first-order chi connectivity index (χ1) is 13.8. The summed E-state index contributed by atoms with van der Waals surface area (Å²) < 4.78 is 45.0. The molecule has 1 heterocycles. The summed E-state index contributed by atoms with van der Waals surface area (Å²) >= 11 is 0. The third kappa shape index (κ3) is 4.96. The molecule has 0 unspecified atom stereocenters. The van der Waals surface area contributed by atoms with Gasteiger partial charge in [-0.25, -0.2) is 4.98 Å². The minimum Gasteiger partial charge on any atom is -0.492 e. The average molecular weight is 403 g/mol. The number of nitrogens with one attached hydrogen (secondary N) is 1. The zero-order valence-electron chi connectivity index (χ0n) is 16.0. The summed E-state index contributed by atoms with van der Waals surface area (Å²) in [6, 6.07) is 10.4. The molecule has 29 heavy (non-hydrogen) atoms. The van der Waals surface area contributed by atoms with Crippen molar-refractivity contribution in [3.63, 3.8) is 0 Å². The lowest BCUT2D eigenvalue weighted by Crippen LogP contribution is -2.25. The number of anilines is 1. The topological polar surface area (TPSA) is 56.1 Å². The Morgan fingerprint density at radius 1 is 1.10 bits per heavy atom. The first kappa shape index (κ1) is 20.4. The second kappa shape index (κ2) is 8.38. The van der Waals surface area contributed by atoms with Gasteiger partial charge in [-0.15, -0.1) is 0 Å². The summed E-state index contributed by atoms with van der Waals surface area (Å²) in [7, 11) is 0. The van der Waals surface area contributed by atoms with Gasteiger partial charge in [0.1, 0.15) is 12.4 Å². The smallest absolute Gasteiger partial charge is 0.416 e. The Kier molecular flexibility index (Phi) is 5.91. The number of halogens is 3. The van der Waals surface area contributed by atoms with Gasteiger partial charge < -0.3 is 10.1 Å². The highest BCUT2D eigenvalue weighted by Gasteiger charge is 2.30. The molecule has 2 aromatic carbocycles. The Bertz CT molecular complexity index is 1060. The van der Waals surface area contributed by atoms with Crippen molar-refractivity contribution < 1.29 is 17.9 Å². The number of rotatable bonds is 6. The predicted molar refractivity (Wildman–Crippen MR) is 105 cm³/mol. The molecular weight excluding hydrogens is 383 g/mol. The van der Waals surface area contributed by atoms with Crippen LogP contribution in [0.1, 0.15) is 16.7 Å². The molecule has 0 radical (unpaired) electrons. The molecule has 0 amide bonds. The number of nitrogens with zero attached hydrogens (tertiary/aromatic N) is 2. The van der Waals surface area contributed by atoms with E-state index >= 15 is 0 Å². The minimum atomic E-state index is -4.43. The summed E-state index contributed by atoms with van der Waals surface area (Å²) in [5.74, 6) is 0.244. The van der Waals surface area contributed by atoms with Gasteiger partial charge in [-0.05, 0) is 55.3 Å². The molecule has 3 rings (SSSR count). The van der Waals surface area contributed by atoms with Gasteiger partial charge in [0.2, 0.25) is 0 Å². The molecule has 0 saturated heterocycles. The molecule has 0 saturated carbocycles. The van der Waals surface area contributed by atoms with E-state index in [1.54, 1.807) is 6.20 Å². The van der Waals surface area contributed by atoms with Gasteiger partial charge in [0.15, 0.2) is 5.82 Å². The van der Waals surface area contributed by atoms with E-state index in [0.717, 1.165) is 28.9 Å². The van der Waals surface area contributed by atoms with Crippen molar-refractivity contribution in [3.8, 4) is 11.4 Å². The average Bonchev–Trinajstić information content (AvgIpc) is 2.68. The quantitative estimate of drug-likeness (QED) is 0.622. The molecule has 0 bridgehead atoms. The predicted octanol–water partition coefficient (Wildman–Crippen LogP) is 4.36. The molecule has 0 aliphatic heterocycles. The van der Waals surface area contributed by atoms with Crippen molar-refractivity contribution in [2.45, 2.75) is 20.0 Å². The van der Waals surface area contributed by atoms with Gasteiger partial charge in [0.25, 0.3) is 5.56 Å². The largest absolute Gasteiger partial charge is 0.492 e. The van der Waals surface area contributed by atoms with Crippen molar-refractivity contribution in [2.24, 2.45) is 0 Å². The number of hydrogen-bond donors (Lipinski definition) is 1. The summed E-state index contributed by atoms with van der Waals surface area (Å²) in [6.07, 6.45) is -1.34. The number of aromatic nitrogens is 2. The van der Waals surface area contributed by atoms with Crippen LogP contribution in [0.5, 0.6) is 5.75 Å². The number of hydrogen-bond acceptors (Lipinski definition) is 4. The molecule has 5 nitrogen and oxygen atoms in total. The van der Waals surface area contributed by atoms with E-state index in [9.17, 15) is 18.0 Å². The van der Waals surface area contributed by atoms with Crippen LogP contribution in [0.4, 0.5) is 19.0 Å². The van der Waals surface area contributed by atoms with E-state index in [-0.39, 0.29) is 30.3 Å². The summed E-state index contributed by atoms with van der Waals surface area (Å²) in [5.41, 5.74) is 1.82. The molecule has 1 aromatic heterocycles. The van der Waals surface area contributed by atoms with E-state index in [1.807, 2.05) is 32.0 Å². The van der Waals surface area contributed by atoms with E-state index in [2.05, 4.69) is 10.3 Å². The van der Waals surface area contributed by atoms with Crippen LogP contribution in [-0.2, 0) is 6.18 Å². The van der Waals surface area contributed by atoms with Crippen LogP contribution in [0.15, 0.2) is 59.7 Å². The number of benzene rings is 2. The zero-order valence-corrected chi connectivity index (χ0v) is 16.0. The van der Waals surface area contributed by atoms with Crippen molar-refractivity contribution in [1.82, 2.24) is 9.55 Å². The van der Waals surface area contributed by atoms with Gasteiger partial charge in [-0.3, -0.25) is 9.36 Å². The lowest BCUT2D eigenvalue weighted by molar-refractivity contribution is -0.137. The second-order valence-electron chi connectivity index (χ2n) is 6.52. The molecular formula is C21H20F3N3O2. The molecule has 0 aliphatic carbocycles. The van der Waals surface area contributed by atoms with Crippen molar-refractivity contribution in [2.75, 3.05) is 18.5 Å². The molecule has 0 spiro atoms. The molecule has 0 atom stereocenters. The van der Waals surface area contributed by atoms with Crippen LogP contribution < -0.4 is 15.6 Å². The third-order valence-electron chi connectivity index (χ3n) is 4.43.